The molecule has 1 saturated heterocycles. The lowest BCUT2D eigenvalue weighted by Gasteiger charge is -2.34. The van der Waals surface area contributed by atoms with Gasteiger partial charge in [-0.05, 0) is 25.1 Å². The summed E-state index contributed by atoms with van der Waals surface area (Å²) >= 11 is 2.66. The SMILES string of the molecule is CCOC(=O)N1CCN(C(=O)CSCC(=O)N=c2sc3cc(OC)ccc3n2CCOC)CC1. The molecule has 0 bridgehead atoms. The Morgan fingerprint density at radius 1 is 1.09 bits per heavy atom. The van der Waals surface area contributed by atoms with Gasteiger partial charge in [-0.15, -0.1) is 11.8 Å². The van der Waals surface area contributed by atoms with Crippen LogP contribution in [0.4, 0.5) is 4.79 Å². The first-order valence-electron chi connectivity index (χ1n) is 11.0. The average Bonchev–Trinajstić information content (AvgIpc) is 3.18. The Morgan fingerprint density at radius 3 is 2.50 bits per heavy atom. The van der Waals surface area contributed by atoms with Crippen LogP contribution in [0.1, 0.15) is 6.92 Å². The zero-order valence-corrected chi connectivity index (χ0v) is 21.3. The monoisotopic (exact) mass is 510 g/mol. The van der Waals surface area contributed by atoms with E-state index in [0.29, 0.717) is 50.7 Å². The highest BCUT2D eigenvalue weighted by Crippen LogP contribution is 2.23. The number of benzene rings is 1. The molecule has 3 amide bonds. The second kappa shape index (κ2) is 12.8. The molecular formula is C22H30N4O6S2. The van der Waals surface area contributed by atoms with Gasteiger partial charge in [0.05, 0.1) is 42.0 Å². The Morgan fingerprint density at radius 2 is 1.82 bits per heavy atom. The van der Waals surface area contributed by atoms with Crippen molar-refractivity contribution in [3.8, 4) is 5.75 Å². The van der Waals surface area contributed by atoms with Crippen LogP contribution in [0.25, 0.3) is 10.2 Å². The fourth-order valence-corrected chi connectivity index (χ4v) is 5.27. The number of hydrogen-bond donors (Lipinski definition) is 0. The maximum absolute atomic E-state index is 12.5. The molecule has 186 valence electrons. The number of amides is 3. The number of carbonyl (C=O) groups excluding carboxylic acids is 3. The van der Waals surface area contributed by atoms with Crippen LogP contribution in [0.2, 0.25) is 0 Å². The highest BCUT2D eigenvalue weighted by atomic mass is 32.2. The number of nitrogens with zero attached hydrogens (tertiary/aromatic N) is 4. The summed E-state index contributed by atoms with van der Waals surface area (Å²) in [7, 11) is 3.24. The number of aromatic nitrogens is 1. The molecule has 0 atom stereocenters. The number of rotatable bonds is 9. The van der Waals surface area contributed by atoms with Crippen LogP contribution in [0.3, 0.4) is 0 Å². The summed E-state index contributed by atoms with van der Waals surface area (Å²) in [5.41, 5.74) is 0.958. The summed E-state index contributed by atoms with van der Waals surface area (Å²) in [6, 6.07) is 5.73. The Bertz CT molecular complexity index is 1080. The van der Waals surface area contributed by atoms with Gasteiger partial charge in [-0.3, -0.25) is 9.59 Å². The van der Waals surface area contributed by atoms with Gasteiger partial charge in [-0.1, -0.05) is 11.3 Å². The molecule has 0 saturated carbocycles. The predicted octanol–water partition coefficient (Wildman–Crippen LogP) is 1.82. The van der Waals surface area contributed by atoms with E-state index in [9.17, 15) is 14.4 Å². The van der Waals surface area contributed by atoms with E-state index >= 15 is 0 Å². The topological polar surface area (TPSA) is 103 Å². The van der Waals surface area contributed by atoms with Crippen LogP contribution < -0.4 is 9.54 Å². The van der Waals surface area contributed by atoms with Crippen LogP contribution in [0.5, 0.6) is 5.75 Å². The van der Waals surface area contributed by atoms with E-state index in [2.05, 4.69) is 4.99 Å². The van der Waals surface area contributed by atoms with Gasteiger partial charge in [0.15, 0.2) is 4.80 Å². The van der Waals surface area contributed by atoms with Crippen molar-refractivity contribution in [3.05, 3.63) is 23.0 Å². The molecule has 1 aliphatic heterocycles. The second-order valence-electron chi connectivity index (χ2n) is 7.43. The zero-order chi connectivity index (χ0) is 24.5. The van der Waals surface area contributed by atoms with E-state index in [1.807, 2.05) is 22.8 Å². The predicted molar refractivity (Wildman–Crippen MR) is 131 cm³/mol. The first kappa shape index (κ1) is 26.0. The molecule has 1 aliphatic rings. The zero-order valence-electron chi connectivity index (χ0n) is 19.7. The summed E-state index contributed by atoms with van der Waals surface area (Å²) in [5.74, 6) is 0.687. The van der Waals surface area contributed by atoms with Crippen LogP contribution >= 0.6 is 23.1 Å². The minimum atomic E-state index is -0.349. The van der Waals surface area contributed by atoms with Crippen molar-refractivity contribution in [3.63, 3.8) is 0 Å². The number of thiazole rings is 1. The van der Waals surface area contributed by atoms with E-state index in [4.69, 9.17) is 14.2 Å². The van der Waals surface area contributed by atoms with Crippen LogP contribution in [0, 0.1) is 0 Å². The first-order valence-corrected chi connectivity index (χ1v) is 12.9. The normalized spacial score (nSPS) is 14.5. The van der Waals surface area contributed by atoms with Crippen molar-refractivity contribution in [2.75, 3.05) is 65.1 Å². The third-order valence-corrected chi connectivity index (χ3v) is 7.18. The third-order valence-electron chi connectivity index (χ3n) is 5.24. The molecule has 2 heterocycles. The number of fused-ring (bicyclic) bond motifs is 1. The molecule has 10 nitrogen and oxygen atoms in total. The van der Waals surface area contributed by atoms with Crippen molar-refractivity contribution < 1.29 is 28.6 Å². The van der Waals surface area contributed by atoms with Crippen LogP contribution in [-0.2, 0) is 25.6 Å². The summed E-state index contributed by atoms with van der Waals surface area (Å²) in [6.45, 7) is 4.96. The fraction of sp³-hybridized carbons (Fsp3) is 0.545. The van der Waals surface area contributed by atoms with Gasteiger partial charge in [0, 0.05) is 39.8 Å². The molecule has 0 radical (unpaired) electrons. The minimum Gasteiger partial charge on any atom is -0.497 e. The highest BCUT2D eigenvalue weighted by Gasteiger charge is 2.24. The van der Waals surface area contributed by atoms with E-state index in [0.717, 1.165) is 16.0 Å². The smallest absolute Gasteiger partial charge is 0.409 e. The Kier molecular flexibility index (Phi) is 9.78. The van der Waals surface area contributed by atoms with Gasteiger partial charge in [0.1, 0.15) is 5.75 Å². The van der Waals surface area contributed by atoms with Crippen molar-refractivity contribution in [2.45, 2.75) is 13.5 Å². The van der Waals surface area contributed by atoms with Crippen LogP contribution in [0.15, 0.2) is 23.2 Å². The number of carbonyl (C=O) groups is 3. The van der Waals surface area contributed by atoms with E-state index in [-0.39, 0.29) is 29.4 Å². The van der Waals surface area contributed by atoms with E-state index in [1.54, 1.807) is 30.9 Å². The molecule has 0 aliphatic carbocycles. The molecule has 3 rings (SSSR count). The maximum atomic E-state index is 12.5. The van der Waals surface area contributed by atoms with Gasteiger partial charge >= 0.3 is 6.09 Å². The molecule has 1 fully saturated rings. The molecule has 0 spiro atoms. The number of piperazine rings is 1. The van der Waals surface area contributed by atoms with Gasteiger partial charge in [-0.25, -0.2) is 4.79 Å². The Balaban J connectivity index is 1.56. The molecule has 12 heteroatoms. The van der Waals surface area contributed by atoms with E-state index < -0.39 is 0 Å². The molecule has 0 unspecified atom stereocenters. The summed E-state index contributed by atoms with van der Waals surface area (Å²) < 4.78 is 18.4. The van der Waals surface area contributed by atoms with Crippen molar-refractivity contribution in [2.24, 2.45) is 4.99 Å². The van der Waals surface area contributed by atoms with Gasteiger partial charge in [-0.2, -0.15) is 4.99 Å². The lowest BCUT2D eigenvalue weighted by molar-refractivity contribution is -0.129. The molecule has 1 aromatic heterocycles. The largest absolute Gasteiger partial charge is 0.497 e. The average molecular weight is 511 g/mol. The van der Waals surface area contributed by atoms with Crippen molar-refractivity contribution in [1.29, 1.82) is 0 Å². The quantitative estimate of drug-likeness (QED) is 0.507. The van der Waals surface area contributed by atoms with Crippen molar-refractivity contribution >= 4 is 51.2 Å². The lowest BCUT2D eigenvalue weighted by atomic mass is 10.3. The molecule has 0 N–H and O–H groups in total. The Labute approximate surface area is 206 Å². The molecule has 34 heavy (non-hydrogen) atoms. The number of hydrogen-bond acceptors (Lipinski definition) is 8. The summed E-state index contributed by atoms with van der Waals surface area (Å²) in [6.07, 6.45) is -0.349. The van der Waals surface area contributed by atoms with Crippen LogP contribution in [-0.4, -0.2) is 97.4 Å². The minimum absolute atomic E-state index is 0.0505. The highest BCUT2D eigenvalue weighted by molar-refractivity contribution is 8.00. The third kappa shape index (κ3) is 6.73. The number of ether oxygens (including phenoxy) is 3. The van der Waals surface area contributed by atoms with Gasteiger partial charge in [0.2, 0.25) is 5.91 Å². The summed E-state index contributed by atoms with van der Waals surface area (Å²) in [4.78, 5) is 45.0. The first-order chi connectivity index (χ1) is 16.5. The molecule has 2 aromatic rings. The lowest BCUT2D eigenvalue weighted by Crippen LogP contribution is -2.51. The molecule has 1 aromatic carbocycles. The van der Waals surface area contributed by atoms with E-state index in [1.165, 1.54) is 23.1 Å². The maximum Gasteiger partial charge on any atom is 0.409 e. The van der Waals surface area contributed by atoms with Crippen molar-refractivity contribution in [1.82, 2.24) is 14.4 Å². The molecular weight excluding hydrogens is 480 g/mol. The van der Waals surface area contributed by atoms with Gasteiger partial charge in [0.25, 0.3) is 5.91 Å². The van der Waals surface area contributed by atoms with Gasteiger partial charge < -0.3 is 28.6 Å². The standard InChI is InChI=1S/C22H30N4O6S2/c1-4-32-22(29)25-9-7-24(8-10-25)20(28)15-33-14-19(27)23-21-26(11-12-30-2)17-6-5-16(31-3)13-18(17)34-21/h5-6,13H,4,7-12,14-15H2,1-3H3. The fourth-order valence-electron chi connectivity index (χ4n) is 3.47. The second-order valence-corrected chi connectivity index (χ2v) is 9.42. The number of thioether (sulfide) groups is 1. The number of methoxy groups -OCH3 is 2. The Hall–Kier alpha value is -2.57. The summed E-state index contributed by atoms with van der Waals surface area (Å²) in [5, 5.41) is 0.